The van der Waals surface area contributed by atoms with Crippen LogP contribution in [-0.4, -0.2) is 13.6 Å². The van der Waals surface area contributed by atoms with Crippen molar-refractivity contribution in [1.29, 1.82) is 0 Å². The Morgan fingerprint density at radius 3 is 2.79 bits per heavy atom. The van der Waals surface area contributed by atoms with E-state index in [4.69, 9.17) is 11.6 Å². The molecule has 2 heteroatoms. The summed E-state index contributed by atoms with van der Waals surface area (Å²) in [5.41, 5.74) is 3.58. The molecule has 0 saturated heterocycles. The van der Waals surface area contributed by atoms with Crippen LogP contribution in [0.3, 0.4) is 0 Å². The van der Waals surface area contributed by atoms with Gasteiger partial charge in [0.25, 0.3) is 0 Å². The summed E-state index contributed by atoms with van der Waals surface area (Å²) in [5.74, 6) is 0. The van der Waals surface area contributed by atoms with Gasteiger partial charge >= 0.3 is 0 Å². The number of hydrogen-bond donors (Lipinski definition) is 1. The summed E-state index contributed by atoms with van der Waals surface area (Å²) >= 11 is 6.03. The number of rotatable bonds is 3. The molecule has 14 heavy (non-hydrogen) atoms. The molecule has 0 bridgehead atoms. The lowest BCUT2D eigenvalue weighted by Crippen LogP contribution is -2.08. The lowest BCUT2D eigenvalue weighted by atomic mass is 10.1. The Morgan fingerprint density at radius 1 is 1.50 bits per heavy atom. The van der Waals surface area contributed by atoms with Crippen LogP contribution < -0.4 is 5.32 Å². The molecule has 0 aliphatic rings. The van der Waals surface area contributed by atoms with Gasteiger partial charge in [0.05, 0.1) is 0 Å². The van der Waals surface area contributed by atoms with Gasteiger partial charge in [-0.05, 0) is 38.1 Å². The van der Waals surface area contributed by atoms with Gasteiger partial charge in [-0.2, -0.15) is 0 Å². The first-order valence-corrected chi connectivity index (χ1v) is 5.09. The zero-order valence-electron chi connectivity index (χ0n) is 8.89. The van der Waals surface area contributed by atoms with Crippen LogP contribution >= 0.6 is 11.6 Å². The molecule has 1 aromatic carbocycles. The second-order valence-corrected chi connectivity index (χ2v) is 3.94. The van der Waals surface area contributed by atoms with Crippen LogP contribution in [0.15, 0.2) is 23.8 Å². The fourth-order valence-corrected chi connectivity index (χ4v) is 1.50. The third-order valence-corrected chi connectivity index (χ3v) is 2.47. The van der Waals surface area contributed by atoms with Gasteiger partial charge in [-0.3, -0.25) is 0 Å². The predicted octanol–water partition coefficient (Wildman–Crippen LogP) is 3.27. The largest absolute Gasteiger partial charge is 0.316 e. The first-order chi connectivity index (χ1) is 6.63. The number of halogens is 1. The zero-order valence-corrected chi connectivity index (χ0v) is 9.65. The van der Waals surface area contributed by atoms with Crippen LogP contribution in [0.4, 0.5) is 0 Å². The fourth-order valence-electron chi connectivity index (χ4n) is 1.31. The van der Waals surface area contributed by atoms with Crippen LogP contribution in [0, 0.1) is 6.92 Å². The van der Waals surface area contributed by atoms with Crippen molar-refractivity contribution in [1.82, 2.24) is 5.32 Å². The van der Waals surface area contributed by atoms with Crippen LogP contribution in [0.2, 0.25) is 5.02 Å². The Balaban J connectivity index is 2.87. The van der Waals surface area contributed by atoms with Crippen molar-refractivity contribution in [3.63, 3.8) is 0 Å². The quantitative estimate of drug-likeness (QED) is 0.806. The molecule has 0 saturated carbocycles. The summed E-state index contributed by atoms with van der Waals surface area (Å²) in [6, 6.07) is 6.12. The Morgan fingerprint density at radius 2 is 2.21 bits per heavy atom. The molecule has 0 heterocycles. The Bertz CT molecular complexity index is 342. The molecule has 0 unspecified atom stereocenters. The summed E-state index contributed by atoms with van der Waals surface area (Å²) in [7, 11) is 1.94. The maximum absolute atomic E-state index is 6.03. The molecule has 1 nitrogen and oxygen atoms in total. The second-order valence-electron chi connectivity index (χ2n) is 3.53. The minimum atomic E-state index is 0.830. The van der Waals surface area contributed by atoms with Crippen LogP contribution in [0.5, 0.6) is 0 Å². The first-order valence-electron chi connectivity index (χ1n) is 4.71. The van der Waals surface area contributed by atoms with E-state index in [0.717, 1.165) is 22.7 Å². The van der Waals surface area contributed by atoms with Crippen molar-refractivity contribution in [2.75, 3.05) is 13.6 Å². The molecule has 0 radical (unpaired) electrons. The van der Waals surface area contributed by atoms with Gasteiger partial charge in [0, 0.05) is 11.6 Å². The summed E-state index contributed by atoms with van der Waals surface area (Å²) in [4.78, 5) is 0. The predicted molar refractivity (Wildman–Crippen MR) is 63.8 cm³/mol. The monoisotopic (exact) mass is 209 g/mol. The summed E-state index contributed by atoms with van der Waals surface area (Å²) < 4.78 is 0. The van der Waals surface area contributed by atoms with Gasteiger partial charge in [-0.25, -0.2) is 0 Å². The molecule has 0 aliphatic heterocycles. The second kappa shape index (κ2) is 5.18. The Labute approximate surface area is 90.8 Å². The van der Waals surface area contributed by atoms with Crippen molar-refractivity contribution < 1.29 is 0 Å². The molecule has 0 atom stereocenters. The summed E-state index contributed by atoms with van der Waals surface area (Å²) in [5, 5.41) is 3.94. The van der Waals surface area contributed by atoms with Crippen molar-refractivity contribution >= 4 is 17.7 Å². The maximum atomic E-state index is 6.03. The minimum Gasteiger partial charge on any atom is -0.316 e. The molecule has 0 aliphatic carbocycles. The average molecular weight is 210 g/mol. The van der Waals surface area contributed by atoms with Gasteiger partial charge in [0.2, 0.25) is 0 Å². The van der Waals surface area contributed by atoms with E-state index in [2.05, 4.69) is 24.4 Å². The highest BCUT2D eigenvalue weighted by Crippen LogP contribution is 2.18. The molecule has 0 aromatic heterocycles. The lowest BCUT2D eigenvalue weighted by molar-refractivity contribution is 0.884. The molecule has 1 N–H and O–H groups in total. The van der Waals surface area contributed by atoms with Gasteiger partial charge < -0.3 is 5.32 Å². The molecule has 0 amide bonds. The smallest absolute Gasteiger partial charge is 0.0441 e. The molecular formula is C12H16ClN. The van der Waals surface area contributed by atoms with Gasteiger partial charge in [-0.1, -0.05) is 35.4 Å². The Kier molecular flexibility index (Phi) is 4.18. The number of aryl methyl sites for hydroxylation is 1. The molecule has 0 spiro atoms. The number of likely N-dealkylation sites (N-methyl/N-ethyl adjacent to an activating group) is 1. The molecule has 1 aromatic rings. The minimum absolute atomic E-state index is 0.830. The highest BCUT2D eigenvalue weighted by Gasteiger charge is 1.95. The average Bonchev–Trinajstić information content (AvgIpc) is 2.12. The third-order valence-electron chi connectivity index (χ3n) is 2.06. The SMILES string of the molecule is CNC/C(C)=C/c1ccc(C)c(Cl)c1. The molecule has 0 fully saturated rings. The van der Waals surface area contributed by atoms with E-state index in [1.807, 2.05) is 26.1 Å². The van der Waals surface area contributed by atoms with Crippen molar-refractivity contribution in [3.8, 4) is 0 Å². The topological polar surface area (TPSA) is 12.0 Å². The van der Waals surface area contributed by atoms with Gasteiger partial charge in [0.15, 0.2) is 0 Å². The van der Waals surface area contributed by atoms with Crippen LogP contribution in [0.1, 0.15) is 18.1 Å². The molecule has 1 rings (SSSR count). The maximum Gasteiger partial charge on any atom is 0.0441 e. The number of benzene rings is 1. The molecule has 76 valence electrons. The number of nitrogens with one attached hydrogen (secondary N) is 1. The summed E-state index contributed by atoms with van der Waals surface area (Å²) in [6.45, 7) is 5.02. The van der Waals surface area contributed by atoms with Crippen molar-refractivity contribution in [2.45, 2.75) is 13.8 Å². The van der Waals surface area contributed by atoms with E-state index < -0.39 is 0 Å². The highest BCUT2D eigenvalue weighted by molar-refractivity contribution is 6.31. The highest BCUT2D eigenvalue weighted by atomic mass is 35.5. The van der Waals surface area contributed by atoms with E-state index in [1.54, 1.807) is 0 Å². The van der Waals surface area contributed by atoms with Crippen LogP contribution in [0.25, 0.3) is 6.08 Å². The van der Waals surface area contributed by atoms with E-state index in [1.165, 1.54) is 5.57 Å². The molecular weight excluding hydrogens is 194 g/mol. The van der Waals surface area contributed by atoms with E-state index in [-0.39, 0.29) is 0 Å². The summed E-state index contributed by atoms with van der Waals surface area (Å²) in [6.07, 6.45) is 2.14. The van der Waals surface area contributed by atoms with Crippen molar-refractivity contribution in [3.05, 3.63) is 39.9 Å². The standard InChI is InChI=1S/C12H16ClN/c1-9(8-14-3)6-11-5-4-10(2)12(13)7-11/h4-7,14H,8H2,1-3H3/b9-6+. The third kappa shape index (κ3) is 3.17. The van der Waals surface area contributed by atoms with Crippen LogP contribution in [-0.2, 0) is 0 Å². The van der Waals surface area contributed by atoms with Gasteiger partial charge in [0.1, 0.15) is 0 Å². The van der Waals surface area contributed by atoms with E-state index in [9.17, 15) is 0 Å². The zero-order chi connectivity index (χ0) is 10.6. The Hall–Kier alpha value is -0.790. The normalized spacial score (nSPS) is 11.9. The van der Waals surface area contributed by atoms with E-state index >= 15 is 0 Å². The fraction of sp³-hybridized carbons (Fsp3) is 0.333. The lowest BCUT2D eigenvalue weighted by Gasteiger charge is -2.02. The first kappa shape index (κ1) is 11.3. The number of hydrogen-bond acceptors (Lipinski definition) is 1. The van der Waals surface area contributed by atoms with Crippen molar-refractivity contribution in [2.24, 2.45) is 0 Å². The van der Waals surface area contributed by atoms with E-state index in [0.29, 0.717) is 0 Å². The van der Waals surface area contributed by atoms with Gasteiger partial charge in [-0.15, -0.1) is 0 Å².